The third-order valence-corrected chi connectivity index (χ3v) is 1.85. The van der Waals surface area contributed by atoms with E-state index >= 15 is 0 Å². The Hall–Kier alpha value is -0.570. The van der Waals surface area contributed by atoms with Crippen LogP contribution in [-0.4, -0.2) is 25.1 Å². The summed E-state index contributed by atoms with van der Waals surface area (Å²) in [6.45, 7) is 5.77. The van der Waals surface area contributed by atoms with Crippen LogP contribution in [0.25, 0.3) is 0 Å². The van der Waals surface area contributed by atoms with Gasteiger partial charge in [-0.1, -0.05) is 13.8 Å². The fourth-order valence-electron chi connectivity index (χ4n) is 1.27. The Bertz CT molecular complexity index is 166. The molecule has 0 saturated heterocycles. The van der Waals surface area contributed by atoms with Crippen molar-refractivity contribution in [1.82, 2.24) is 0 Å². The quantitative estimate of drug-likeness (QED) is 0.688. The van der Waals surface area contributed by atoms with Gasteiger partial charge in [0.15, 0.2) is 5.90 Å². The summed E-state index contributed by atoms with van der Waals surface area (Å²) >= 11 is 0. The van der Waals surface area contributed by atoms with Gasteiger partial charge in [-0.3, -0.25) is 0 Å². The maximum atomic E-state index is 5.43. The van der Waals surface area contributed by atoms with Crippen LogP contribution in [0.4, 0.5) is 0 Å². The maximum absolute atomic E-state index is 5.43. The summed E-state index contributed by atoms with van der Waals surface area (Å²) in [5.74, 6) is 1.55. The Kier molecular flexibility index (Phi) is 3.53. The van der Waals surface area contributed by atoms with E-state index in [4.69, 9.17) is 10.5 Å². The molecule has 0 radical (unpaired) electrons. The predicted molar refractivity (Wildman–Crippen MR) is 50.3 cm³/mol. The molecule has 0 spiro atoms. The molecule has 0 aliphatic carbocycles. The monoisotopic (exact) mass is 170 g/mol. The average Bonchev–Trinajstić information content (AvgIpc) is 2.36. The summed E-state index contributed by atoms with van der Waals surface area (Å²) in [6.07, 6.45) is 1.91. The molecule has 0 aromatic carbocycles. The molecule has 0 aromatic rings. The lowest BCUT2D eigenvalue weighted by atomic mass is 10.1. The zero-order valence-electron chi connectivity index (χ0n) is 7.92. The van der Waals surface area contributed by atoms with Crippen molar-refractivity contribution in [2.45, 2.75) is 32.7 Å². The summed E-state index contributed by atoms with van der Waals surface area (Å²) < 4.78 is 5.42. The van der Waals surface area contributed by atoms with Crippen LogP contribution in [0.5, 0.6) is 0 Å². The van der Waals surface area contributed by atoms with Crippen LogP contribution in [0, 0.1) is 5.92 Å². The Morgan fingerprint density at radius 2 is 2.42 bits per heavy atom. The van der Waals surface area contributed by atoms with Crippen LogP contribution in [0.2, 0.25) is 0 Å². The van der Waals surface area contributed by atoms with Gasteiger partial charge in [-0.2, -0.15) is 0 Å². The average molecular weight is 170 g/mol. The molecule has 3 heteroatoms. The van der Waals surface area contributed by atoms with Crippen molar-refractivity contribution >= 4 is 5.90 Å². The van der Waals surface area contributed by atoms with Crippen LogP contribution < -0.4 is 5.73 Å². The Labute approximate surface area is 74.0 Å². The molecule has 1 heterocycles. The standard InChI is InChI=1S/C9H18N2O/c1-7(2)5-9-11-8(3-4-10)6-12-9/h7-8H,3-6,10H2,1-2H3. The van der Waals surface area contributed by atoms with Gasteiger partial charge in [-0.05, 0) is 18.9 Å². The van der Waals surface area contributed by atoms with E-state index in [9.17, 15) is 0 Å². The molecule has 70 valence electrons. The fraction of sp³-hybridized carbons (Fsp3) is 0.889. The first kappa shape index (κ1) is 9.52. The van der Waals surface area contributed by atoms with Gasteiger partial charge in [-0.25, -0.2) is 4.99 Å². The molecule has 1 aliphatic heterocycles. The first-order chi connectivity index (χ1) is 5.72. The number of ether oxygens (including phenoxy) is 1. The van der Waals surface area contributed by atoms with E-state index < -0.39 is 0 Å². The largest absolute Gasteiger partial charge is 0.479 e. The minimum Gasteiger partial charge on any atom is -0.479 e. The third-order valence-electron chi connectivity index (χ3n) is 1.85. The van der Waals surface area contributed by atoms with Gasteiger partial charge in [-0.15, -0.1) is 0 Å². The second kappa shape index (κ2) is 4.45. The Balaban J connectivity index is 2.32. The van der Waals surface area contributed by atoms with Crippen molar-refractivity contribution in [3.05, 3.63) is 0 Å². The van der Waals surface area contributed by atoms with E-state index in [1.54, 1.807) is 0 Å². The molecule has 0 saturated carbocycles. The molecule has 1 rings (SSSR count). The van der Waals surface area contributed by atoms with E-state index in [1.165, 1.54) is 0 Å². The smallest absolute Gasteiger partial charge is 0.183 e. The molecule has 3 nitrogen and oxygen atoms in total. The summed E-state index contributed by atoms with van der Waals surface area (Å²) in [5.41, 5.74) is 5.43. The van der Waals surface area contributed by atoms with Gasteiger partial charge in [0.25, 0.3) is 0 Å². The first-order valence-corrected chi connectivity index (χ1v) is 4.62. The van der Waals surface area contributed by atoms with Crippen molar-refractivity contribution < 1.29 is 4.74 Å². The van der Waals surface area contributed by atoms with Gasteiger partial charge in [0.2, 0.25) is 0 Å². The summed E-state index contributed by atoms with van der Waals surface area (Å²) in [5, 5.41) is 0. The van der Waals surface area contributed by atoms with E-state index in [0.717, 1.165) is 25.3 Å². The third kappa shape index (κ3) is 2.81. The second-order valence-electron chi connectivity index (χ2n) is 3.66. The number of nitrogens with zero attached hydrogens (tertiary/aromatic N) is 1. The van der Waals surface area contributed by atoms with Crippen LogP contribution in [0.15, 0.2) is 4.99 Å². The molecular formula is C9H18N2O. The van der Waals surface area contributed by atoms with Crippen molar-refractivity contribution in [1.29, 1.82) is 0 Å². The van der Waals surface area contributed by atoms with E-state index in [-0.39, 0.29) is 0 Å². The summed E-state index contributed by atoms with van der Waals surface area (Å²) in [6, 6.07) is 0.323. The molecule has 0 fully saturated rings. The number of hydrogen-bond donors (Lipinski definition) is 1. The molecule has 1 atom stereocenters. The highest BCUT2D eigenvalue weighted by atomic mass is 16.5. The highest BCUT2D eigenvalue weighted by Crippen LogP contribution is 2.12. The van der Waals surface area contributed by atoms with E-state index in [1.807, 2.05) is 0 Å². The van der Waals surface area contributed by atoms with Crippen molar-refractivity contribution in [2.24, 2.45) is 16.6 Å². The van der Waals surface area contributed by atoms with E-state index in [0.29, 0.717) is 18.5 Å². The predicted octanol–water partition coefficient (Wildman–Crippen LogP) is 1.18. The van der Waals surface area contributed by atoms with Crippen molar-refractivity contribution in [3.63, 3.8) is 0 Å². The topological polar surface area (TPSA) is 47.6 Å². The molecule has 1 aliphatic rings. The zero-order chi connectivity index (χ0) is 8.97. The first-order valence-electron chi connectivity index (χ1n) is 4.62. The molecule has 2 N–H and O–H groups in total. The number of aliphatic imine (C=N–C) groups is 1. The van der Waals surface area contributed by atoms with Gasteiger partial charge < -0.3 is 10.5 Å². The van der Waals surface area contributed by atoms with Crippen molar-refractivity contribution in [2.75, 3.05) is 13.2 Å². The van der Waals surface area contributed by atoms with Crippen LogP contribution in [0.3, 0.4) is 0 Å². The molecule has 12 heavy (non-hydrogen) atoms. The minimum absolute atomic E-state index is 0.323. The molecular weight excluding hydrogens is 152 g/mol. The molecule has 0 aromatic heterocycles. The van der Waals surface area contributed by atoms with Crippen LogP contribution >= 0.6 is 0 Å². The number of rotatable bonds is 4. The highest BCUT2D eigenvalue weighted by molar-refractivity contribution is 5.77. The fourth-order valence-corrected chi connectivity index (χ4v) is 1.27. The molecule has 0 bridgehead atoms. The van der Waals surface area contributed by atoms with Gasteiger partial charge in [0.1, 0.15) is 6.61 Å². The molecule has 1 unspecified atom stereocenters. The zero-order valence-corrected chi connectivity index (χ0v) is 7.92. The Morgan fingerprint density at radius 1 is 1.67 bits per heavy atom. The maximum Gasteiger partial charge on any atom is 0.183 e. The van der Waals surface area contributed by atoms with Gasteiger partial charge >= 0.3 is 0 Å². The van der Waals surface area contributed by atoms with Crippen LogP contribution in [-0.2, 0) is 4.74 Å². The lowest BCUT2D eigenvalue weighted by Gasteiger charge is -2.02. The SMILES string of the molecule is CC(C)CC1=NC(CCN)CO1. The van der Waals surface area contributed by atoms with E-state index in [2.05, 4.69) is 18.8 Å². The van der Waals surface area contributed by atoms with Gasteiger partial charge in [0.05, 0.1) is 6.04 Å². The minimum atomic E-state index is 0.323. The summed E-state index contributed by atoms with van der Waals surface area (Å²) in [4.78, 5) is 4.43. The normalized spacial score (nSPS) is 22.7. The second-order valence-corrected chi connectivity index (χ2v) is 3.66. The van der Waals surface area contributed by atoms with Gasteiger partial charge in [0, 0.05) is 6.42 Å². The highest BCUT2D eigenvalue weighted by Gasteiger charge is 2.18. The lowest BCUT2D eigenvalue weighted by Crippen LogP contribution is -2.12. The Morgan fingerprint density at radius 3 is 3.00 bits per heavy atom. The molecule has 0 amide bonds. The number of nitrogens with two attached hydrogens (primary N) is 1. The number of hydrogen-bond acceptors (Lipinski definition) is 3. The summed E-state index contributed by atoms with van der Waals surface area (Å²) in [7, 11) is 0. The lowest BCUT2D eigenvalue weighted by molar-refractivity contribution is 0.302. The van der Waals surface area contributed by atoms with Crippen molar-refractivity contribution in [3.8, 4) is 0 Å². The van der Waals surface area contributed by atoms with Crippen LogP contribution in [0.1, 0.15) is 26.7 Å².